The number of carbonyl (C=O) groups excluding carboxylic acids is 2. The predicted molar refractivity (Wildman–Crippen MR) is 79.6 cm³/mol. The van der Waals surface area contributed by atoms with Gasteiger partial charge in [0.1, 0.15) is 6.54 Å². The zero-order valence-electron chi connectivity index (χ0n) is 12.0. The number of urea groups is 1. The number of ether oxygens (including phenoxy) is 1. The van der Waals surface area contributed by atoms with Gasteiger partial charge in [0.2, 0.25) is 0 Å². The highest BCUT2D eigenvalue weighted by Gasteiger charge is 2.36. The molecule has 2 heterocycles. The minimum atomic E-state index is -0.448. The van der Waals surface area contributed by atoms with Gasteiger partial charge in [0, 0.05) is 19.1 Å². The van der Waals surface area contributed by atoms with Gasteiger partial charge < -0.3 is 15.0 Å². The molecule has 6 heteroatoms. The molecule has 2 aliphatic rings. The number of carbonyl (C=O) groups is 2. The number of amides is 2. The fourth-order valence-corrected chi connectivity index (χ4v) is 3.09. The van der Waals surface area contributed by atoms with Crippen molar-refractivity contribution in [2.75, 3.05) is 36.5 Å². The van der Waals surface area contributed by atoms with E-state index in [1.165, 1.54) is 7.11 Å². The Hall–Kier alpha value is -2.24. The first kappa shape index (κ1) is 13.7. The van der Waals surface area contributed by atoms with Crippen LogP contribution in [0.2, 0.25) is 0 Å². The fraction of sp³-hybridized carbons (Fsp3) is 0.467. The molecular formula is C15H19N3O3. The van der Waals surface area contributed by atoms with Gasteiger partial charge in [0.05, 0.1) is 18.5 Å². The van der Waals surface area contributed by atoms with E-state index in [2.05, 4.69) is 15.0 Å². The lowest BCUT2D eigenvalue weighted by atomic mass is 10.1. The van der Waals surface area contributed by atoms with E-state index in [1.54, 1.807) is 4.90 Å². The van der Waals surface area contributed by atoms with Crippen molar-refractivity contribution in [2.45, 2.75) is 18.9 Å². The average molecular weight is 289 g/mol. The molecule has 0 saturated carbocycles. The van der Waals surface area contributed by atoms with Gasteiger partial charge in [-0.3, -0.25) is 9.69 Å². The van der Waals surface area contributed by atoms with Crippen molar-refractivity contribution < 1.29 is 14.3 Å². The molecule has 1 saturated heterocycles. The summed E-state index contributed by atoms with van der Waals surface area (Å²) >= 11 is 0. The second kappa shape index (κ2) is 5.63. The van der Waals surface area contributed by atoms with E-state index in [1.807, 2.05) is 24.3 Å². The first-order valence-electron chi connectivity index (χ1n) is 7.18. The van der Waals surface area contributed by atoms with Crippen LogP contribution in [0.3, 0.4) is 0 Å². The van der Waals surface area contributed by atoms with Crippen LogP contribution >= 0.6 is 0 Å². The predicted octanol–water partition coefficient (Wildman–Crippen LogP) is 1.36. The highest BCUT2D eigenvalue weighted by Crippen LogP contribution is 2.39. The van der Waals surface area contributed by atoms with E-state index in [0.29, 0.717) is 12.6 Å². The molecule has 0 aliphatic carbocycles. The monoisotopic (exact) mass is 289 g/mol. The lowest BCUT2D eigenvalue weighted by Gasteiger charge is -2.40. The lowest BCUT2D eigenvalue weighted by molar-refractivity contribution is -0.139. The van der Waals surface area contributed by atoms with Gasteiger partial charge >= 0.3 is 12.0 Å². The van der Waals surface area contributed by atoms with Crippen LogP contribution in [-0.2, 0) is 9.53 Å². The van der Waals surface area contributed by atoms with Crippen LogP contribution < -0.4 is 15.1 Å². The van der Waals surface area contributed by atoms with E-state index in [9.17, 15) is 9.59 Å². The molecule has 6 nitrogen and oxygen atoms in total. The van der Waals surface area contributed by atoms with Crippen LogP contribution in [0.1, 0.15) is 12.8 Å². The zero-order chi connectivity index (χ0) is 14.8. The quantitative estimate of drug-likeness (QED) is 0.835. The number of nitrogens with zero attached hydrogens (tertiary/aromatic N) is 2. The van der Waals surface area contributed by atoms with Crippen LogP contribution in [0.4, 0.5) is 16.2 Å². The van der Waals surface area contributed by atoms with E-state index in [0.717, 1.165) is 30.8 Å². The highest BCUT2D eigenvalue weighted by atomic mass is 16.5. The molecule has 0 radical (unpaired) electrons. The average Bonchev–Trinajstić information content (AvgIpc) is 3.00. The van der Waals surface area contributed by atoms with Crippen molar-refractivity contribution in [1.82, 2.24) is 5.32 Å². The summed E-state index contributed by atoms with van der Waals surface area (Å²) in [5.74, 6) is -0.448. The van der Waals surface area contributed by atoms with Gasteiger partial charge in [0.25, 0.3) is 0 Å². The van der Waals surface area contributed by atoms with E-state index < -0.39 is 5.97 Å². The van der Waals surface area contributed by atoms with Crippen molar-refractivity contribution in [3.8, 4) is 0 Å². The van der Waals surface area contributed by atoms with Crippen molar-refractivity contribution in [3.63, 3.8) is 0 Å². The number of methoxy groups -OCH3 is 1. The number of nitrogens with one attached hydrogen (secondary N) is 1. The number of para-hydroxylation sites is 2. The Morgan fingerprint density at radius 1 is 1.33 bits per heavy atom. The van der Waals surface area contributed by atoms with E-state index in [-0.39, 0.29) is 12.6 Å². The maximum atomic E-state index is 12.4. The standard InChI is InChI=1S/C15H19N3O3/c1-21-14(19)9-16-15(20)18-10-11-5-4-8-17(11)12-6-2-3-7-13(12)18/h2-3,6-7,11H,4-5,8-10H2,1H3,(H,16,20). The third-order valence-corrected chi connectivity index (χ3v) is 4.11. The largest absolute Gasteiger partial charge is 0.468 e. The molecule has 2 aliphatic heterocycles. The Labute approximate surface area is 123 Å². The third-order valence-electron chi connectivity index (χ3n) is 4.11. The second-order valence-electron chi connectivity index (χ2n) is 5.32. The van der Waals surface area contributed by atoms with Gasteiger partial charge in [-0.1, -0.05) is 12.1 Å². The van der Waals surface area contributed by atoms with E-state index in [4.69, 9.17) is 0 Å². The van der Waals surface area contributed by atoms with Gasteiger partial charge in [0.15, 0.2) is 0 Å². The van der Waals surface area contributed by atoms with Crippen LogP contribution in [0.15, 0.2) is 24.3 Å². The summed E-state index contributed by atoms with van der Waals surface area (Å²) in [5.41, 5.74) is 2.00. The Kier molecular flexibility index (Phi) is 3.68. The van der Waals surface area contributed by atoms with Gasteiger partial charge in [-0.2, -0.15) is 0 Å². The molecule has 0 spiro atoms. The van der Waals surface area contributed by atoms with Gasteiger partial charge in [-0.25, -0.2) is 4.79 Å². The van der Waals surface area contributed by atoms with Crippen LogP contribution in [0.5, 0.6) is 0 Å². The molecule has 1 unspecified atom stereocenters. The summed E-state index contributed by atoms with van der Waals surface area (Å²) in [6, 6.07) is 8.03. The summed E-state index contributed by atoms with van der Waals surface area (Å²) in [7, 11) is 1.31. The van der Waals surface area contributed by atoms with Crippen molar-refractivity contribution in [3.05, 3.63) is 24.3 Å². The summed E-state index contributed by atoms with van der Waals surface area (Å²) < 4.78 is 4.55. The van der Waals surface area contributed by atoms with Crippen molar-refractivity contribution >= 4 is 23.4 Å². The molecule has 1 atom stereocenters. The number of rotatable bonds is 2. The molecule has 0 bridgehead atoms. The molecular weight excluding hydrogens is 270 g/mol. The molecule has 0 aromatic heterocycles. The van der Waals surface area contributed by atoms with Crippen LogP contribution in [0.25, 0.3) is 0 Å². The molecule has 2 amide bonds. The molecule has 1 aromatic carbocycles. The minimum absolute atomic E-state index is 0.109. The first-order valence-corrected chi connectivity index (χ1v) is 7.18. The maximum absolute atomic E-state index is 12.4. The molecule has 1 aromatic rings. The van der Waals surface area contributed by atoms with Crippen LogP contribution in [-0.4, -0.2) is 44.8 Å². The SMILES string of the molecule is COC(=O)CNC(=O)N1CC2CCCN2c2ccccc21. The Bertz CT molecular complexity index is 561. The number of hydrogen-bond donors (Lipinski definition) is 1. The number of fused-ring (bicyclic) bond motifs is 3. The normalized spacial score (nSPS) is 19.8. The fourth-order valence-electron chi connectivity index (χ4n) is 3.09. The third kappa shape index (κ3) is 2.53. The van der Waals surface area contributed by atoms with Crippen molar-refractivity contribution in [1.29, 1.82) is 0 Å². The second-order valence-corrected chi connectivity index (χ2v) is 5.32. The lowest BCUT2D eigenvalue weighted by Crippen LogP contribution is -2.52. The topological polar surface area (TPSA) is 61.9 Å². The summed E-state index contributed by atoms with van der Waals surface area (Å²) in [6.45, 7) is 1.59. The maximum Gasteiger partial charge on any atom is 0.325 e. The Balaban J connectivity index is 1.81. The van der Waals surface area contributed by atoms with Gasteiger partial charge in [-0.05, 0) is 25.0 Å². The summed E-state index contributed by atoms with van der Waals surface area (Å²) in [4.78, 5) is 27.6. The highest BCUT2D eigenvalue weighted by molar-refractivity contribution is 5.98. The number of esters is 1. The molecule has 1 fully saturated rings. The smallest absolute Gasteiger partial charge is 0.325 e. The zero-order valence-corrected chi connectivity index (χ0v) is 12.0. The molecule has 1 N–H and O–H groups in total. The van der Waals surface area contributed by atoms with Crippen LogP contribution in [0, 0.1) is 0 Å². The summed E-state index contributed by atoms with van der Waals surface area (Å²) in [5, 5.41) is 2.62. The number of anilines is 2. The van der Waals surface area contributed by atoms with E-state index >= 15 is 0 Å². The molecule has 3 rings (SSSR count). The number of benzene rings is 1. The summed E-state index contributed by atoms with van der Waals surface area (Å²) in [6.07, 6.45) is 2.24. The Morgan fingerprint density at radius 3 is 2.86 bits per heavy atom. The Morgan fingerprint density at radius 2 is 2.10 bits per heavy atom. The number of hydrogen-bond acceptors (Lipinski definition) is 4. The van der Waals surface area contributed by atoms with Gasteiger partial charge in [-0.15, -0.1) is 0 Å². The first-order chi connectivity index (χ1) is 10.2. The molecule has 21 heavy (non-hydrogen) atoms. The minimum Gasteiger partial charge on any atom is -0.468 e. The van der Waals surface area contributed by atoms with Crippen molar-refractivity contribution in [2.24, 2.45) is 0 Å². The molecule has 112 valence electrons.